The van der Waals surface area contributed by atoms with E-state index in [1.165, 1.54) is 7.11 Å². The topological polar surface area (TPSA) is 79.0 Å². The minimum absolute atomic E-state index is 0.0784. The standard InChI is InChI=1S/C22H25N3O4/c1-3-24-11-13-25(14-12-24)21(27)17-8-6-7-16(15-17)20(26)23-19-10-5-4-9-18(19)22(28)29-2/h4-10,15H,3,11-14H2,1-2H3,(H,23,26). The average Bonchev–Trinajstić information content (AvgIpc) is 2.78. The molecule has 152 valence electrons. The van der Waals surface area contributed by atoms with Crippen LogP contribution in [0.4, 0.5) is 5.69 Å². The highest BCUT2D eigenvalue weighted by Crippen LogP contribution is 2.18. The van der Waals surface area contributed by atoms with E-state index in [-0.39, 0.29) is 11.5 Å². The van der Waals surface area contributed by atoms with Gasteiger partial charge in [0.1, 0.15) is 0 Å². The number of carbonyl (C=O) groups is 3. The first kappa shape index (κ1) is 20.5. The molecule has 2 aromatic rings. The molecular formula is C22H25N3O4. The summed E-state index contributed by atoms with van der Waals surface area (Å²) in [6, 6.07) is 13.3. The summed E-state index contributed by atoms with van der Waals surface area (Å²) in [5.41, 5.74) is 1.45. The van der Waals surface area contributed by atoms with Crippen molar-refractivity contribution in [3.8, 4) is 0 Å². The average molecular weight is 395 g/mol. The van der Waals surface area contributed by atoms with E-state index in [9.17, 15) is 14.4 Å². The van der Waals surface area contributed by atoms with Gasteiger partial charge in [0.25, 0.3) is 11.8 Å². The van der Waals surface area contributed by atoms with Gasteiger partial charge in [-0.2, -0.15) is 0 Å². The fourth-order valence-corrected chi connectivity index (χ4v) is 3.32. The number of carbonyl (C=O) groups excluding carboxylic acids is 3. The van der Waals surface area contributed by atoms with Gasteiger partial charge in [-0.25, -0.2) is 4.79 Å². The number of amides is 2. The summed E-state index contributed by atoms with van der Waals surface area (Å²) in [6.07, 6.45) is 0. The summed E-state index contributed by atoms with van der Waals surface area (Å²) in [6.45, 7) is 6.15. The summed E-state index contributed by atoms with van der Waals surface area (Å²) in [5, 5.41) is 2.73. The Morgan fingerprint density at radius 2 is 1.66 bits per heavy atom. The second-order valence-electron chi connectivity index (χ2n) is 6.80. The highest BCUT2D eigenvalue weighted by Gasteiger charge is 2.22. The van der Waals surface area contributed by atoms with E-state index in [0.717, 1.165) is 19.6 Å². The molecule has 1 saturated heterocycles. The summed E-state index contributed by atoms with van der Waals surface area (Å²) in [4.78, 5) is 41.5. The SMILES string of the molecule is CCN1CCN(C(=O)c2cccc(C(=O)Nc3ccccc3C(=O)OC)c2)CC1. The van der Waals surface area contributed by atoms with Crippen molar-refractivity contribution in [2.45, 2.75) is 6.92 Å². The van der Waals surface area contributed by atoms with Gasteiger partial charge in [-0.1, -0.05) is 25.1 Å². The molecule has 2 amide bonds. The molecule has 1 heterocycles. The number of hydrogen-bond acceptors (Lipinski definition) is 5. The minimum atomic E-state index is -0.531. The van der Waals surface area contributed by atoms with Gasteiger partial charge in [0.2, 0.25) is 0 Å². The highest BCUT2D eigenvalue weighted by atomic mass is 16.5. The Kier molecular flexibility index (Phi) is 6.61. The van der Waals surface area contributed by atoms with E-state index < -0.39 is 11.9 Å². The molecule has 0 aromatic heterocycles. The van der Waals surface area contributed by atoms with Crippen LogP contribution in [0.25, 0.3) is 0 Å². The lowest BCUT2D eigenvalue weighted by Gasteiger charge is -2.34. The number of anilines is 1. The number of rotatable bonds is 5. The Labute approximate surface area is 170 Å². The molecule has 29 heavy (non-hydrogen) atoms. The van der Waals surface area contributed by atoms with Crippen LogP contribution in [0.1, 0.15) is 38.0 Å². The fourth-order valence-electron chi connectivity index (χ4n) is 3.32. The number of methoxy groups -OCH3 is 1. The number of ether oxygens (including phenoxy) is 1. The summed E-state index contributed by atoms with van der Waals surface area (Å²) in [5.74, 6) is -1.01. The van der Waals surface area contributed by atoms with Gasteiger partial charge in [0, 0.05) is 37.3 Å². The van der Waals surface area contributed by atoms with Crippen LogP contribution in [0.3, 0.4) is 0 Å². The van der Waals surface area contributed by atoms with E-state index >= 15 is 0 Å². The molecule has 3 rings (SSSR count). The van der Waals surface area contributed by atoms with Crippen molar-refractivity contribution in [1.82, 2.24) is 9.80 Å². The van der Waals surface area contributed by atoms with E-state index in [4.69, 9.17) is 4.74 Å². The Bertz CT molecular complexity index is 904. The Morgan fingerprint density at radius 3 is 2.34 bits per heavy atom. The van der Waals surface area contributed by atoms with Gasteiger partial charge < -0.3 is 19.9 Å². The first-order valence-corrected chi connectivity index (χ1v) is 9.64. The molecule has 0 aliphatic carbocycles. The largest absolute Gasteiger partial charge is 0.465 e. The van der Waals surface area contributed by atoms with Crippen molar-refractivity contribution in [1.29, 1.82) is 0 Å². The molecule has 0 unspecified atom stereocenters. The number of benzene rings is 2. The number of esters is 1. The lowest BCUT2D eigenvalue weighted by Crippen LogP contribution is -2.48. The summed E-state index contributed by atoms with van der Waals surface area (Å²) in [7, 11) is 1.29. The number of hydrogen-bond donors (Lipinski definition) is 1. The van der Waals surface area contributed by atoms with Crippen LogP contribution in [0.5, 0.6) is 0 Å². The lowest BCUT2D eigenvalue weighted by atomic mass is 10.1. The first-order chi connectivity index (χ1) is 14.0. The lowest BCUT2D eigenvalue weighted by molar-refractivity contribution is 0.0600. The van der Waals surface area contributed by atoms with Crippen LogP contribution in [0.15, 0.2) is 48.5 Å². The molecule has 0 saturated carbocycles. The number of piperazine rings is 1. The second-order valence-corrected chi connectivity index (χ2v) is 6.80. The van der Waals surface area contributed by atoms with Crippen LogP contribution >= 0.6 is 0 Å². The Hall–Kier alpha value is -3.19. The van der Waals surface area contributed by atoms with Crippen molar-refractivity contribution in [2.75, 3.05) is 45.2 Å². The maximum Gasteiger partial charge on any atom is 0.339 e. The minimum Gasteiger partial charge on any atom is -0.465 e. The zero-order valence-corrected chi connectivity index (χ0v) is 16.7. The van der Waals surface area contributed by atoms with Crippen molar-refractivity contribution in [3.05, 3.63) is 65.2 Å². The number of likely N-dealkylation sites (N-methyl/N-ethyl adjacent to an activating group) is 1. The van der Waals surface area contributed by atoms with Crippen LogP contribution in [0, 0.1) is 0 Å². The van der Waals surface area contributed by atoms with Crippen LogP contribution in [-0.4, -0.2) is 67.4 Å². The van der Waals surface area contributed by atoms with Crippen LogP contribution in [0.2, 0.25) is 0 Å². The monoisotopic (exact) mass is 395 g/mol. The van der Waals surface area contributed by atoms with E-state index in [2.05, 4.69) is 17.1 Å². The van der Waals surface area contributed by atoms with Crippen molar-refractivity contribution < 1.29 is 19.1 Å². The van der Waals surface area contributed by atoms with Crippen LogP contribution < -0.4 is 5.32 Å². The molecule has 1 aliphatic rings. The molecular weight excluding hydrogens is 370 g/mol. The molecule has 7 heteroatoms. The molecule has 2 aromatic carbocycles. The number of nitrogens with one attached hydrogen (secondary N) is 1. The summed E-state index contributed by atoms with van der Waals surface area (Å²) >= 11 is 0. The van der Waals surface area contributed by atoms with E-state index in [0.29, 0.717) is 29.9 Å². The van der Waals surface area contributed by atoms with E-state index in [1.54, 1.807) is 48.5 Å². The van der Waals surface area contributed by atoms with Crippen molar-refractivity contribution in [2.24, 2.45) is 0 Å². The molecule has 0 radical (unpaired) electrons. The maximum atomic E-state index is 12.8. The Morgan fingerprint density at radius 1 is 0.966 bits per heavy atom. The third-order valence-corrected chi connectivity index (χ3v) is 5.06. The number of para-hydroxylation sites is 1. The van der Waals surface area contributed by atoms with Gasteiger partial charge in [-0.15, -0.1) is 0 Å². The maximum absolute atomic E-state index is 12.8. The smallest absolute Gasteiger partial charge is 0.339 e. The molecule has 0 spiro atoms. The molecule has 1 aliphatic heterocycles. The third-order valence-electron chi connectivity index (χ3n) is 5.06. The van der Waals surface area contributed by atoms with Gasteiger partial charge in [0.05, 0.1) is 18.4 Å². The van der Waals surface area contributed by atoms with Gasteiger partial charge in [0.15, 0.2) is 0 Å². The number of nitrogens with zero attached hydrogens (tertiary/aromatic N) is 2. The molecule has 1 N–H and O–H groups in total. The summed E-state index contributed by atoms with van der Waals surface area (Å²) < 4.78 is 4.75. The fraction of sp³-hybridized carbons (Fsp3) is 0.318. The van der Waals surface area contributed by atoms with E-state index in [1.807, 2.05) is 4.90 Å². The Balaban J connectivity index is 1.74. The van der Waals surface area contributed by atoms with Gasteiger partial charge in [-0.3, -0.25) is 9.59 Å². The van der Waals surface area contributed by atoms with Gasteiger partial charge >= 0.3 is 5.97 Å². The second kappa shape index (κ2) is 9.34. The first-order valence-electron chi connectivity index (χ1n) is 9.64. The molecule has 7 nitrogen and oxygen atoms in total. The predicted octanol–water partition coefficient (Wildman–Crippen LogP) is 2.50. The quantitative estimate of drug-likeness (QED) is 0.787. The molecule has 0 bridgehead atoms. The van der Waals surface area contributed by atoms with Crippen LogP contribution in [-0.2, 0) is 4.74 Å². The highest BCUT2D eigenvalue weighted by molar-refractivity contribution is 6.09. The molecule has 0 atom stereocenters. The zero-order chi connectivity index (χ0) is 20.8. The predicted molar refractivity (Wildman–Crippen MR) is 110 cm³/mol. The van der Waals surface area contributed by atoms with Gasteiger partial charge in [-0.05, 0) is 36.9 Å². The van der Waals surface area contributed by atoms with Crippen molar-refractivity contribution >= 4 is 23.5 Å². The molecule has 1 fully saturated rings. The zero-order valence-electron chi connectivity index (χ0n) is 16.7. The normalized spacial score (nSPS) is 14.3. The third kappa shape index (κ3) is 4.81. The van der Waals surface area contributed by atoms with Crippen molar-refractivity contribution in [3.63, 3.8) is 0 Å².